The van der Waals surface area contributed by atoms with E-state index in [-0.39, 0.29) is 23.0 Å². The molecule has 0 spiro atoms. The van der Waals surface area contributed by atoms with Crippen molar-refractivity contribution in [2.24, 2.45) is 0 Å². The Morgan fingerprint density at radius 1 is 1.28 bits per heavy atom. The number of hydrogen-bond acceptors (Lipinski definition) is 6. The third-order valence-corrected chi connectivity index (χ3v) is 5.34. The maximum Gasteiger partial charge on any atom is 0.346 e. The number of rotatable bonds is 6. The summed E-state index contributed by atoms with van der Waals surface area (Å²) in [7, 11) is 1.42. The average Bonchev–Trinajstić information content (AvgIpc) is 2.97. The second-order valence-corrected chi connectivity index (χ2v) is 7.54. The van der Waals surface area contributed by atoms with Crippen molar-refractivity contribution < 1.29 is 23.5 Å². The van der Waals surface area contributed by atoms with Crippen molar-refractivity contribution in [1.82, 2.24) is 4.90 Å². The van der Waals surface area contributed by atoms with Gasteiger partial charge in [0.05, 0.1) is 17.6 Å². The number of thiocarbonyl (C=S) groups is 1. The molecule has 0 N–H and O–H groups in total. The van der Waals surface area contributed by atoms with Gasteiger partial charge in [0, 0.05) is 6.54 Å². The van der Waals surface area contributed by atoms with Crippen molar-refractivity contribution in [3.05, 3.63) is 77.0 Å². The molecule has 0 bridgehead atoms. The van der Waals surface area contributed by atoms with Crippen LogP contribution in [0.4, 0.5) is 4.39 Å². The Morgan fingerprint density at radius 3 is 2.72 bits per heavy atom. The lowest BCUT2D eigenvalue weighted by Gasteiger charge is -2.11. The summed E-state index contributed by atoms with van der Waals surface area (Å²) in [6.07, 6.45) is 3.28. The summed E-state index contributed by atoms with van der Waals surface area (Å²) in [5.74, 6) is -1.30. The summed E-state index contributed by atoms with van der Waals surface area (Å²) in [5.41, 5.74) is 0.483. The van der Waals surface area contributed by atoms with E-state index in [4.69, 9.17) is 21.7 Å². The highest BCUT2D eigenvalue weighted by Crippen LogP contribution is 2.35. The van der Waals surface area contributed by atoms with E-state index in [0.29, 0.717) is 21.3 Å². The van der Waals surface area contributed by atoms with E-state index < -0.39 is 11.8 Å². The molecule has 1 fully saturated rings. The van der Waals surface area contributed by atoms with Crippen LogP contribution in [0.15, 0.2) is 60.0 Å². The summed E-state index contributed by atoms with van der Waals surface area (Å²) in [6, 6.07) is 10.3. The van der Waals surface area contributed by atoms with Gasteiger partial charge in [-0.1, -0.05) is 48.3 Å². The predicted molar refractivity (Wildman–Crippen MR) is 114 cm³/mol. The van der Waals surface area contributed by atoms with E-state index in [9.17, 15) is 14.0 Å². The number of amides is 1. The van der Waals surface area contributed by atoms with Crippen molar-refractivity contribution in [2.45, 2.75) is 0 Å². The Kier molecular flexibility index (Phi) is 6.46. The Morgan fingerprint density at radius 2 is 2.03 bits per heavy atom. The van der Waals surface area contributed by atoms with Crippen LogP contribution < -0.4 is 9.47 Å². The zero-order chi connectivity index (χ0) is 21.0. The van der Waals surface area contributed by atoms with Gasteiger partial charge in [-0.3, -0.25) is 9.69 Å². The molecule has 1 aliphatic rings. The number of thioether (sulfide) groups is 1. The molecule has 2 aromatic carbocycles. The van der Waals surface area contributed by atoms with E-state index >= 15 is 0 Å². The Balaban J connectivity index is 1.83. The minimum Gasteiger partial charge on any atom is -0.493 e. The highest BCUT2D eigenvalue weighted by atomic mass is 32.2. The van der Waals surface area contributed by atoms with Gasteiger partial charge in [-0.05, 0) is 35.9 Å². The quantitative estimate of drug-likeness (QED) is 0.222. The van der Waals surface area contributed by atoms with Gasteiger partial charge in [0.2, 0.25) is 0 Å². The van der Waals surface area contributed by atoms with E-state index in [1.54, 1.807) is 30.4 Å². The molecule has 3 rings (SSSR count). The molecule has 0 aromatic heterocycles. The van der Waals surface area contributed by atoms with Gasteiger partial charge >= 0.3 is 5.97 Å². The minimum absolute atomic E-state index is 0.136. The third kappa shape index (κ3) is 4.55. The largest absolute Gasteiger partial charge is 0.493 e. The van der Waals surface area contributed by atoms with Crippen LogP contribution in [0.5, 0.6) is 11.5 Å². The third-order valence-electron chi connectivity index (χ3n) is 3.97. The van der Waals surface area contributed by atoms with Crippen molar-refractivity contribution in [3.8, 4) is 11.5 Å². The molecule has 5 nitrogen and oxygen atoms in total. The van der Waals surface area contributed by atoms with Crippen molar-refractivity contribution in [3.63, 3.8) is 0 Å². The standard InChI is InChI=1S/C21H16FNO4S2/c1-3-10-23-19(24)18(29-21(23)28)12-13-8-9-16(17(11-13)26-2)27-20(25)14-6-4-5-7-15(14)22/h3-9,11-12H,1,10H2,2H3/b18-12+. The number of methoxy groups -OCH3 is 1. The number of nitrogens with zero attached hydrogens (tertiary/aromatic N) is 1. The molecule has 1 amide bonds. The fourth-order valence-corrected chi connectivity index (χ4v) is 3.85. The van der Waals surface area contributed by atoms with Crippen LogP contribution in [0.1, 0.15) is 15.9 Å². The Bertz CT molecular complexity index is 1040. The molecular weight excluding hydrogens is 413 g/mol. The van der Waals surface area contributed by atoms with Crippen LogP contribution in [0.3, 0.4) is 0 Å². The number of ether oxygens (including phenoxy) is 2. The number of carbonyl (C=O) groups is 2. The van der Waals surface area contributed by atoms with Gasteiger partial charge in [0.15, 0.2) is 11.5 Å². The van der Waals surface area contributed by atoms with Gasteiger partial charge in [-0.15, -0.1) is 6.58 Å². The van der Waals surface area contributed by atoms with Gasteiger partial charge < -0.3 is 9.47 Å². The maximum absolute atomic E-state index is 13.8. The summed E-state index contributed by atoms with van der Waals surface area (Å²) < 4.78 is 24.8. The van der Waals surface area contributed by atoms with E-state index in [1.807, 2.05) is 0 Å². The summed E-state index contributed by atoms with van der Waals surface area (Å²) in [6.45, 7) is 3.97. The summed E-state index contributed by atoms with van der Waals surface area (Å²) >= 11 is 6.41. The van der Waals surface area contributed by atoms with Crippen molar-refractivity contribution >= 4 is 46.3 Å². The minimum atomic E-state index is -0.834. The molecule has 8 heteroatoms. The first-order valence-corrected chi connectivity index (χ1v) is 9.68. The van der Waals surface area contributed by atoms with Gasteiger partial charge in [0.25, 0.3) is 5.91 Å². The van der Waals surface area contributed by atoms with Crippen molar-refractivity contribution in [1.29, 1.82) is 0 Å². The molecule has 0 aliphatic carbocycles. The molecule has 1 saturated heterocycles. The number of esters is 1. The van der Waals surface area contributed by atoms with E-state index in [0.717, 1.165) is 0 Å². The lowest BCUT2D eigenvalue weighted by atomic mass is 10.1. The van der Waals surface area contributed by atoms with Gasteiger partial charge in [0.1, 0.15) is 10.1 Å². The highest BCUT2D eigenvalue weighted by molar-refractivity contribution is 8.26. The van der Waals surface area contributed by atoms with E-state index in [2.05, 4.69) is 6.58 Å². The molecule has 1 aliphatic heterocycles. The number of hydrogen-bond donors (Lipinski definition) is 0. The second kappa shape index (κ2) is 9.02. The Hall–Kier alpha value is -2.97. The summed E-state index contributed by atoms with van der Waals surface area (Å²) in [4.78, 5) is 26.6. The second-order valence-electron chi connectivity index (χ2n) is 5.86. The lowest BCUT2D eigenvalue weighted by molar-refractivity contribution is -0.121. The van der Waals surface area contributed by atoms with Crippen LogP contribution >= 0.6 is 24.0 Å². The van der Waals surface area contributed by atoms with Gasteiger partial charge in [-0.25, -0.2) is 9.18 Å². The molecule has 0 radical (unpaired) electrons. The SMILES string of the molecule is C=CCN1C(=O)/C(=C\c2ccc(OC(=O)c3ccccc3F)c(OC)c2)SC1=S. The maximum atomic E-state index is 13.8. The number of carbonyl (C=O) groups excluding carboxylic acids is 2. The topological polar surface area (TPSA) is 55.8 Å². The summed E-state index contributed by atoms with van der Waals surface area (Å²) in [5, 5.41) is 0. The average molecular weight is 429 g/mol. The zero-order valence-electron chi connectivity index (χ0n) is 15.4. The molecule has 0 unspecified atom stereocenters. The van der Waals surface area contributed by atoms with Crippen LogP contribution in [0.25, 0.3) is 6.08 Å². The first-order chi connectivity index (χ1) is 13.9. The molecule has 1 heterocycles. The highest BCUT2D eigenvalue weighted by Gasteiger charge is 2.31. The molecule has 148 valence electrons. The molecule has 0 atom stereocenters. The van der Waals surface area contributed by atoms with Crippen LogP contribution in [0.2, 0.25) is 0 Å². The molecule has 29 heavy (non-hydrogen) atoms. The van der Waals surface area contributed by atoms with Gasteiger partial charge in [-0.2, -0.15) is 0 Å². The molecule has 0 saturated carbocycles. The first-order valence-electron chi connectivity index (χ1n) is 8.45. The fraction of sp³-hybridized carbons (Fsp3) is 0.0952. The molecule has 2 aromatic rings. The number of halogens is 1. The Labute approximate surface area is 176 Å². The van der Waals surface area contributed by atoms with Crippen LogP contribution in [0, 0.1) is 5.82 Å². The predicted octanol–water partition coefficient (Wildman–Crippen LogP) is 4.44. The normalized spacial score (nSPS) is 15.0. The molecular formula is C21H16FNO4S2. The zero-order valence-corrected chi connectivity index (χ0v) is 17.0. The van der Waals surface area contributed by atoms with Crippen LogP contribution in [-0.2, 0) is 4.79 Å². The fourth-order valence-electron chi connectivity index (χ4n) is 2.58. The first kappa shape index (κ1) is 20.8. The van der Waals surface area contributed by atoms with E-state index in [1.165, 1.54) is 48.0 Å². The monoisotopic (exact) mass is 429 g/mol. The van der Waals surface area contributed by atoms with Crippen molar-refractivity contribution in [2.75, 3.05) is 13.7 Å². The lowest BCUT2D eigenvalue weighted by Crippen LogP contribution is -2.27. The van der Waals surface area contributed by atoms with Crippen LogP contribution in [-0.4, -0.2) is 34.8 Å². The number of benzene rings is 2. The smallest absolute Gasteiger partial charge is 0.346 e.